The molecule has 0 saturated heterocycles. The predicted molar refractivity (Wildman–Crippen MR) is 104 cm³/mol. The summed E-state index contributed by atoms with van der Waals surface area (Å²) in [5.74, 6) is 0.925. The van der Waals surface area contributed by atoms with E-state index >= 15 is 0 Å². The first-order valence-electron chi connectivity index (χ1n) is 8.14. The molecule has 0 fully saturated rings. The quantitative estimate of drug-likeness (QED) is 0.281. The summed E-state index contributed by atoms with van der Waals surface area (Å²) in [5.41, 5.74) is 1.61. The molecule has 0 heterocycles. The monoisotopic (exact) mass is 408 g/mol. The summed E-state index contributed by atoms with van der Waals surface area (Å²) < 4.78 is 0. The minimum atomic E-state index is 0. The number of allylic oxidation sites excluding steroid dienone is 1. The van der Waals surface area contributed by atoms with Gasteiger partial charge in [-0.3, -0.25) is 4.99 Å². The maximum atomic E-state index is 4.28. The third kappa shape index (κ3) is 9.34. The zero-order valence-electron chi connectivity index (χ0n) is 14.0. The highest BCUT2D eigenvalue weighted by Crippen LogP contribution is 2.19. The van der Waals surface area contributed by atoms with Crippen LogP contribution in [0.25, 0.3) is 0 Å². The fourth-order valence-electron chi connectivity index (χ4n) is 2.57. The van der Waals surface area contributed by atoms with Gasteiger partial charge in [-0.2, -0.15) is 0 Å². The van der Waals surface area contributed by atoms with Crippen molar-refractivity contribution in [1.82, 2.24) is 15.5 Å². The number of halogens is 1. The summed E-state index contributed by atoms with van der Waals surface area (Å²) in [6, 6.07) is 0. The maximum absolute atomic E-state index is 4.28. The fraction of sp³-hybridized carbons (Fsp3) is 0.812. The number of guanidine groups is 1. The van der Waals surface area contributed by atoms with E-state index in [2.05, 4.69) is 40.4 Å². The molecule has 1 aliphatic rings. The van der Waals surface area contributed by atoms with Crippen LogP contribution in [0, 0.1) is 0 Å². The molecule has 0 amide bonds. The number of rotatable bonds is 8. The van der Waals surface area contributed by atoms with Gasteiger partial charge in [-0.1, -0.05) is 25.5 Å². The van der Waals surface area contributed by atoms with Gasteiger partial charge in [0.1, 0.15) is 0 Å². The van der Waals surface area contributed by atoms with Crippen molar-refractivity contribution in [2.24, 2.45) is 4.99 Å². The molecule has 0 radical (unpaired) electrons. The van der Waals surface area contributed by atoms with E-state index in [0.29, 0.717) is 0 Å². The number of hydrogen-bond acceptors (Lipinski definition) is 2. The van der Waals surface area contributed by atoms with Crippen LogP contribution in [-0.4, -0.2) is 50.6 Å². The minimum Gasteiger partial charge on any atom is -0.356 e. The Bertz CT molecular complexity index is 311. The van der Waals surface area contributed by atoms with Crippen molar-refractivity contribution < 1.29 is 0 Å². The summed E-state index contributed by atoms with van der Waals surface area (Å²) in [6.07, 6.45) is 8.86. The van der Waals surface area contributed by atoms with Crippen molar-refractivity contribution in [3.05, 3.63) is 11.6 Å². The van der Waals surface area contributed by atoms with E-state index in [1.165, 1.54) is 25.7 Å². The molecule has 124 valence electrons. The smallest absolute Gasteiger partial charge is 0.191 e. The Kier molecular flexibility index (Phi) is 13.2. The summed E-state index contributed by atoms with van der Waals surface area (Å²) in [4.78, 5) is 6.69. The van der Waals surface area contributed by atoms with Gasteiger partial charge < -0.3 is 15.5 Å². The molecular weight excluding hydrogens is 375 g/mol. The van der Waals surface area contributed by atoms with Crippen molar-refractivity contribution in [3.8, 4) is 0 Å². The Morgan fingerprint density at radius 3 is 2.48 bits per heavy atom. The average Bonchev–Trinajstić information content (AvgIpc) is 2.51. The predicted octanol–water partition coefficient (Wildman–Crippen LogP) is 3.00. The van der Waals surface area contributed by atoms with E-state index < -0.39 is 0 Å². The van der Waals surface area contributed by atoms with Crippen molar-refractivity contribution in [1.29, 1.82) is 0 Å². The van der Waals surface area contributed by atoms with Crippen molar-refractivity contribution in [2.75, 3.05) is 39.8 Å². The second-order valence-corrected chi connectivity index (χ2v) is 5.31. The maximum Gasteiger partial charge on any atom is 0.191 e. The van der Waals surface area contributed by atoms with Gasteiger partial charge in [-0.05, 0) is 45.2 Å². The lowest BCUT2D eigenvalue weighted by Gasteiger charge is -2.19. The molecule has 1 rings (SSSR count). The van der Waals surface area contributed by atoms with Crippen molar-refractivity contribution >= 4 is 29.9 Å². The van der Waals surface area contributed by atoms with Gasteiger partial charge >= 0.3 is 0 Å². The van der Waals surface area contributed by atoms with E-state index in [-0.39, 0.29) is 24.0 Å². The molecule has 1 aliphatic carbocycles. The zero-order valence-corrected chi connectivity index (χ0v) is 16.3. The third-order valence-electron chi connectivity index (χ3n) is 3.96. The topological polar surface area (TPSA) is 39.7 Å². The number of nitrogens with zero attached hydrogens (tertiary/aromatic N) is 2. The summed E-state index contributed by atoms with van der Waals surface area (Å²) in [5, 5.41) is 6.79. The normalized spacial score (nSPS) is 15.4. The van der Waals surface area contributed by atoms with Gasteiger partial charge in [0, 0.05) is 26.7 Å². The van der Waals surface area contributed by atoms with Crippen LogP contribution < -0.4 is 10.6 Å². The number of aliphatic imine (C=N–C) groups is 1. The standard InChI is InChI=1S/C16H32N4.HI/c1-4-20(5-2)14-13-19-16(17-3)18-12-11-15-9-7-6-8-10-15;/h9H,4-8,10-14H2,1-3H3,(H2,17,18,19);1H. The van der Waals surface area contributed by atoms with E-state index in [1.807, 2.05) is 7.05 Å². The van der Waals surface area contributed by atoms with Gasteiger partial charge in [0.2, 0.25) is 0 Å². The zero-order chi connectivity index (χ0) is 14.6. The molecule has 0 spiro atoms. The van der Waals surface area contributed by atoms with Crippen LogP contribution in [0.2, 0.25) is 0 Å². The van der Waals surface area contributed by atoms with Gasteiger partial charge in [0.05, 0.1) is 0 Å². The van der Waals surface area contributed by atoms with E-state index in [9.17, 15) is 0 Å². The number of nitrogens with one attached hydrogen (secondary N) is 2. The number of likely N-dealkylation sites (N-methyl/N-ethyl adjacent to an activating group) is 1. The second-order valence-electron chi connectivity index (χ2n) is 5.31. The van der Waals surface area contributed by atoms with Gasteiger partial charge in [0.25, 0.3) is 0 Å². The largest absolute Gasteiger partial charge is 0.356 e. The lowest BCUT2D eigenvalue weighted by Crippen LogP contribution is -2.41. The van der Waals surface area contributed by atoms with Gasteiger partial charge in [0.15, 0.2) is 5.96 Å². The van der Waals surface area contributed by atoms with Crippen LogP contribution in [-0.2, 0) is 0 Å². The molecule has 0 saturated carbocycles. The Hall–Kier alpha value is -0.300. The molecule has 4 nitrogen and oxygen atoms in total. The molecule has 2 N–H and O–H groups in total. The second kappa shape index (κ2) is 13.4. The van der Waals surface area contributed by atoms with Crippen LogP contribution in [0.1, 0.15) is 46.0 Å². The summed E-state index contributed by atoms with van der Waals surface area (Å²) in [6.45, 7) is 9.62. The summed E-state index contributed by atoms with van der Waals surface area (Å²) in [7, 11) is 1.84. The lowest BCUT2D eigenvalue weighted by molar-refractivity contribution is 0.308. The van der Waals surface area contributed by atoms with Crippen molar-refractivity contribution in [2.45, 2.75) is 46.0 Å². The molecule has 0 aliphatic heterocycles. The highest BCUT2D eigenvalue weighted by molar-refractivity contribution is 14.0. The molecule has 21 heavy (non-hydrogen) atoms. The lowest BCUT2D eigenvalue weighted by atomic mass is 9.97. The molecule has 5 heteroatoms. The average molecular weight is 408 g/mol. The van der Waals surface area contributed by atoms with Crippen LogP contribution in [0.15, 0.2) is 16.6 Å². The summed E-state index contributed by atoms with van der Waals surface area (Å²) >= 11 is 0. The minimum absolute atomic E-state index is 0. The van der Waals surface area contributed by atoms with E-state index in [0.717, 1.165) is 45.1 Å². The Morgan fingerprint density at radius 2 is 1.90 bits per heavy atom. The molecule has 0 aromatic rings. The first-order valence-corrected chi connectivity index (χ1v) is 8.14. The van der Waals surface area contributed by atoms with Gasteiger partial charge in [-0.25, -0.2) is 0 Å². The van der Waals surface area contributed by atoms with E-state index in [4.69, 9.17) is 0 Å². The Labute approximate surface area is 147 Å². The van der Waals surface area contributed by atoms with Gasteiger partial charge in [-0.15, -0.1) is 24.0 Å². The Morgan fingerprint density at radius 1 is 1.19 bits per heavy atom. The third-order valence-corrected chi connectivity index (χ3v) is 3.96. The number of hydrogen-bond donors (Lipinski definition) is 2. The van der Waals surface area contributed by atoms with Crippen LogP contribution in [0.5, 0.6) is 0 Å². The van der Waals surface area contributed by atoms with Crippen LogP contribution in [0.4, 0.5) is 0 Å². The van der Waals surface area contributed by atoms with Crippen LogP contribution in [0.3, 0.4) is 0 Å². The highest BCUT2D eigenvalue weighted by Gasteiger charge is 2.04. The molecule has 0 bridgehead atoms. The molecule has 0 aromatic carbocycles. The SMILES string of the molecule is CCN(CC)CCNC(=NC)NCCC1=CCCCC1.I. The van der Waals surface area contributed by atoms with E-state index in [1.54, 1.807) is 5.57 Å². The fourth-order valence-corrected chi connectivity index (χ4v) is 2.57. The Balaban J connectivity index is 0.00000400. The highest BCUT2D eigenvalue weighted by atomic mass is 127. The van der Waals surface area contributed by atoms with Crippen molar-refractivity contribution in [3.63, 3.8) is 0 Å². The first kappa shape index (κ1) is 20.7. The molecule has 0 atom stereocenters. The molecule has 0 unspecified atom stereocenters. The first-order chi connectivity index (χ1) is 9.80. The molecular formula is C16H33IN4. The molecule has 0 aromatic heterocycles. The van der Waals surface area contributed by atoms with Crippen LogP contribution >= 0.6 is 24.0 Å².